The third kappa shape index (κ3) is 3.75. The summed E-state index contributed by atoms with van der Waals surface area (Å²) in [5, 5.41) is 11.2. The number of carboxylic acids is 1. The first-order chi connectivity index (χ1) is 9.12. The third-order valence-electron chi connectivity index (χ3n) is 3.21. The van der Waals surface area contributed by atoms with E-state index in [1.165, 1.54) is 0 Å². The lowest BCUT2D eigenvalue weighted by Crippen LogP contribution is -2.35. The van der Waals surface area contributed by atoms with Crippen molar-refractivity contribution in [2.75, 3.05) is 19.8 Å². The summed E-state index contributed by atoms with van der Waals surface area (Å²) in [7, 11) is 0. The molecule has 1 aliphatic rings. The highest BCUT2D eigenvalue weighted by Gasteiger charge is 2.44. The first-order valence-electron chi connectivity index (χ1n) is 6.09. The van der Waals surface area contributed by atoms with Crippen LogP contribution in [0, 0.1) is 0 Å². The van der Waals surface area contributed by atoms with Gasteiger partial charge in [-0.05, 0) is 24.5 Å². The monoisotopic (exact) mass is 264 g/mol. The van der Waals surface area contributed by atoms with E-state index in [1.807, 2.05) is 18.3 Å². The molecule has 0 aromatic carbocycles. The first-order valence-corrected chi connectivity index (χ1v) is 6.09. The summed E-state index contributed by atoms with van der Waals surface area (Å²) < 4.78 is 4.72. The smallest absolute Gasteiger partial charge is 0.329 e. The van der Waals surface area contributed by atoms with E-state index in [0.29, 0.717) is 6.54 Å². The maximum absolute atomic E-state index is 11.5. The van der Waals surface area contributed by atoms with Crippen LogP contribution in [0.2, 0.25) is 0 Å². The molecular formula is C13H16N2O4. The summed E-state index contributed by atoms with van der Waals surface area (Å²) in [6, 6.07) is 3.89. The van der Waals surface area contributed by atoms with Gasteiger partial charge in [-0.3, -0.25) is 9.78 Å². The van der Waals surface area contributed by atoms with Crippen LogP contribution >= 0.6 is 0 Å². The summed E-state index contributed by atoms with van der Waals surface area (Å²) in [5.74, 6) is -1.38. The lowest BCUT2D eigenvalue weighted by Gasteiger charge is -2.16. The van der Waals surface area contributed by atoms with E-state index < -0.39 is 12.6 Å². The Morgan fingerprint density at radius 3 is 2.79 bits per heavy atom. The predicted octanol–water partition coefficient (Wildman–Crippen LogP) is 0.331. The van der Waals surface area contributed by atoms with Crippen molar-refractivity contribution in [1.29, 1.82) is 0 Å². The number of carbonyl (C=O) groups excluding carboxylic acids is 1. The molecule has 6 nitrogen and oxygen atoms in total. The molecule has 2 N–H and O–H groups in total. The zero-order valence-corrected chi connectivity index (χ0v) is 10.5. The molecule has 0 bridgehead atoms. The Morgan fingerprint density at radius 1 is 1.42 bits per heavy atom. The van der Waals surface area contributed by atoms with E-state index in [4.69, 9.17) is 9.84 Å². The van der Waals surface area contributed by atoms with E-state index >= 15 is 0 Å². The van der Waals surface area contributed by atoms with E-state index in [-0.39, 0.29) is 17.9 Å². The minimum atomic E-state index is -1.08. The van der Waals surface area contributed by atoms with Gasteiger partial charge in [0.2, 0.25) is 5.91 Å². The number of rotatable bonds is 7. The quantitative estimate of drug-likeness (QED) is 0.741. The van der Waals surface area contributed by atoms with Gasteiger partial charge in [0.15, 0.2) is 0 Å². The highest BCUT2D eigenvalue weighted by atomic mass is 16.5. The molecule has 0 unspecified atom stereocenters. The Kier molecular flexibility index (Phi) is 4.11. The second-order valence-corrected chi connectivity index (χ2v) is 4.69. The molecule has 19 heavy (non-hydrogen) atoms. The molecule has 0 radical (unpaired) electrons. The van der Waals surface area contributed by atoms with Gasteiger partial charge in [-0.25, -0.2) is 4.79 Å². The van der Waals surface area contributed by atoms with E-state index in [1.54, 1.807) is 6.20 Å². The fraction of sp³-hybridized carbons (Fsp3) is 0.462. The molecule has 0 spiro atoms. The van der Waals surface area contributed by atoms with Gasteiger partial charge in [0.25, 0.3) is 0 Å². The van der Waals surface area contributed by atoms with Gasteiger partial charge >= 0.3 is 5.97 Å². The number of nitrogens with one attached hydrogen (secondary N) is 1. The predicted molar refractivity (Wildman–Crippen MR) is 66.6 cm³/mol. The molecule has 1 aromatic rings. The number of aromatic nitrogens is 1. The molecular weight excluding hydrogens is 248 g/mol. The number of pyridine rings is 1. The Balaban J connectivity index is 1.76. The van der Waals surface area contributed by atoms with Crippen LogP contribution in [-0.2, 0) is 19.7 Å². The molecule has 1 amide bonds. The van der Waals surface area contributed by atoms with Crippen LogP contribution in [0.1, 0.15) is 18.4 Å². The second-order valence-electron chi connectivity index (χ2n) is 4.69. The Morgan fingerprint density at radius 2 is 2.21 bits per heavy atom. The van der Waals surface area contributed by atoms with E-state index in [0.717, 1.165) is 18.4 Å². The minimum Gasteiger partial charge on any atom is -0.480 e. The molecule has 6 heteroatoms. The number of carboxylic acid groups (broad SMARTS) is 1. The molecule has 0 saturated heterocycles. The van der Waals surface area contributed by atoms with Gasteiger partial charge in [0, 0.05) is 24.4 Å². The number of nitrogens with zero attached hydrogens (tertiary/aromatic N) is 1. The average molecular weight is 264 g/mol. The first kappa shape index (κ1) is 13.5. The van der Waals surface area contributed by atoms with Crippen molar-refractivity contribution in [3.63, 3.8) is 0 Å². The Bertz CT molecular complexity index is 457. The number of aliphatic carboxylic acids is 1. The molecule has 1 heterocycles. The maximum atomic E-state index is 11.5. The number of carbonyl (C=O) groups is 2. The molecule has 1 fully saturated rings. The fourth-order valence-corrected chi connectivity index (χ4v) is 1.94. The second kappa shape index (κ2) is 5.79. The summed E-state index contributed by atoms with van der Waals surface area (Å²) in [4.78, 5) is 25.8. The molecule has 102 valence electrons. The number of ether oxygens (including phenoxy) is 1. The van der Waals surface area contributed by atoms with E-state index in [2.05, 4.69) is 10.3 Å². The van der Waals surface area contributed by atoms with Crippen molar-refractivity contribution in [2.45, 2.75) is 18.3 Å². The molecule has 0 aliphatic heterocycles. The van der Waals surface area contributed by atoms with Crippen LogP contribution < -0.4 is 5.32 Å². The summed E-state index contributed by atoms with van der Waals surface area (Å²) >= 11 is 0. The van der Waals surface area contributed by atoms with Gasteiger partial charge in [-0.2, -0.15) is 0 Å². The Labute approximate surface area is 110 Å². The lowest BCUT2D eigenvalue weighted by atomic mass is 9.98. The highest BCUT2D eigenvalue weighted by molar-refractivity contribution is 5.78. The third-order valence-corrected chi connectivity index (χ3v) is 3.21. The molecule has 2 rings (SSSR count). The molecule has 0 atom stereocenters. The zero-order chi connectivity index (χ0) is 13.7. The average Bonchev–Trinajstić information content (AvgIpc) is 3.18. The lowest BCUT2D eigenvalue weighted by molar-refractivity contribution is -0.143. The van der Waals surface area contributed by atoms with Gasteiger partial charge < -0.3 is 15.2 Å². The van der Waals surface area contributed by atoms with Crippen LogP contribution in [-0.4, -0.2) is 41.7 Å². The molecule has 1 saturated carbocycles. The van der Waals surface area contributed by atoms with Crippen LogP contribution in [0.5, 0.6) is 0 Å². The minimum absolute atomic E-state index is 0.00326. The van der Waals surface area contributed by atoms with Gasteiger partial charge in [-0.15, -0.1) is 0 Å². The molecule has 1 aromatic heterocycles. The number of amides is 1. The van der Waals surface area contributed by atoms with Crippen LogP contribution in [0.3, 0.4) is 0 Å². The van der Waals surface area contributed by atoms with Crippen LogP contribution in [0.4, 0.5) is 0 Å². The SMILES string of the molecule is O=C(O)COCC(=O)NCC1(c2cccnc2)CC1. The summed E-state index contributed by atoms with van der Waals surface area (Å²) in [6.45, 7) is -0.148. The number of hydrogen-bond acceptors (Lipinski definition) is 4. The fourth-order valence-electron chi connectivity index (χ4n) is 1.94. The maximum Gasteiger partial charge on any atom is 0.329 e. The summed E-state index contributed by atoms with van der Waals surface area (Å²) in [5.41, 5.74) is 1.12. The standard InChI is InChI=1S/C13H16N2O4/c16-11(7-19-8-12(17)18)15-9-13(3-4-13)10-2-1-5-14-6-10/h1-2,5-6H,3-4,7-9H2,(H,15,16)(H,17,18). The van der Waals surface area contributed by atoms with Crippen molar-refractivity contribution in [3.8, 4) is 0 Å². The van der Waals surface area contributed by atoms with Crippen LogP contribution in [0.25, 0.3) is 0 Å². The summed E-state index contributed by atoms with van der Waals surface area (Å²) in [6.07, 6.45) is 5.59. The molecule has 1 aliphatic carbocycles. The topological polar surface area (TPSA) is 88.5 Å². The van der Waals surface area contributed by atoms with Crippen molar-refractivity contribution < 1.29 is 19.4 Å². The number of hydrogen-bond donors (Lipinski definition) is 2. The van der Waals surface area contributed by atoms with Gasteiger partial charge in [0.1, 0.15) is 13.2 Å². The van der Waals surface area contributed by atoms with Crippen LogP contribution in [0.15, 0.2) is 24.5 Å². The van der Waals surface area contributed by atoms with E-state index in [9.17, 15) is 9.59 Å². The van der Waals surface area contributed by atoms with Crippen molar-refractivity contribution in [3.05, 3.63) is 30.1 Å². The van der Waals surface area contributed by atoms with Crippen molar-refractivity contribution in [2.24, 2.45) is 0 Å². The van der Waals surface area contributed by atoms with Crippen molar-refractivity contribution >= 4 is 11.9 Å². The highest BCUT2D eigenvalue weighted by Crippen LogP contribution is 2.47. The Hall–Kier alpha value is -1.95. The largest absolute Gasteiger partial charge is 0.480 e. The normalized spacial score (nSPS) is 15.8. The van der Waals surface area contributed by atoms with Crippen molar-refractivity contribution in [1.82, 2.24) is 10.3 Å². The van der Waals surface area contributed by atoms with Gasteiger partial charge in [0.05, 0.1) is 0 Å². The van der Waals surface area contributed by atoms with Gasteiger partial charge in [-0.1, -0.05) is 6.07 Å². The zero-order valence-electron chi connectivity index (χ0n) is 10.5.